The van der Waals surface area contributed by atoms with Crippen LogP contribution in [0.1, 0.15) is 49.4 Å². The summed E-state index contributed by atoms with van der Waals surface area (Å²) in [5.41, 5.74) is 3.91. The Morgan fingerprint density at radius 3 is 2.08 bits per heavy atom. The number of amides is 2. The van der Waals surface area contributed by atoms with E-state index < -0.39 is 28.5 Å². The number of sulfonamides is 1. The van der Waals surface area contributed by atoms with E-state index in [0.29, 0.717) is 5.69 Å². The van der Waals surface area contributed by atoms with E-state index >= 15 is 0 Å². The number of benzene rings is 3. The van der Waals surface area contributed by atoms with Crippen molar-refractivity contribution in [3.8, 4) is 0 Å². The van der Waals surface area contributed by atoms with Crippen molar-refractivity contribution >= 4 is 27.5 Å². The smallest absolute Gasteiger partial charge is 0.264 e. The molecule has 2 atom stereocenters. The van der Waals surface area contributed by atoms with Gasteiger partial charge in [-0.25, -0.2) is 8.42 Å². The van der Waals surface area contributed by atoms with E-state index in [1.165, 1.54) is 4.90 Å². The minimum Gasteiger partial charge on any atom is -0.352 e. The number of nitrogens with zero attached hydrogens (tertiary/aromatic N) is 2. The van der Waals surface area contributed by atoms with Gasteiger partial charge in [0, 0.05) is 12.6 Å². The van der Waals surface area contributed by atoms with E-state index in [-0.39, 0.29) is 23.4 Å². The van der Waals surface area contributed by atoms with Gasteiger partial charge in [0.2, 0.25) is 11.8 Å². The highest BCUT2D eigenvalue weighted by Gasteiger charge is 2.33. The first-order chi connectivity index (χ1) is 18.4. The lowest BCUT2D eigenvalue weighted by Gasteiger charge is -2.33. The number of carbonyl (C=O) groups excluding carboxylic acids is 2. The molecule has 39 heavy (non-hydrogen) atoms. The van der Waals surface area contributed by atoms with Crippen LogP contribution in [0.2, 0.25) is 0 Å². The molecule has 1 N–H and O–H groups in total. The molecule has 0 spiro atoms. The standard InChI is InChI=1S/C31H39N3O4S/c1-7-25(5)32-31(36)26(6)33(20-27-11-9-8-10-12-27)30(35)21-34(29-18-15-23(3)19-24(29)4)39(37,38)28-16-13-22(2)14-17-28/h8-19,25-26H,7,20-21H2,1-6H3,(H,32,36)/t25-,26+/m0/s1. The molecule has 0 radical (unpaired) electrons. The van der Waals surface area contributed by atoms with Crippen LogP contribution in [0.15, 0.2) is 77.7 Å². The first-order valence-electron chi connectivity index (χ1n) is 13.2. The third-order valence-electron chi connectivity index (χ3n) is 6.87. The summed E-state index contributed by atoms with van der Waals surface area (Å²) >= 11 is 0. The minimum absolute atomic E-state index is 0.0535. The van der Waals surface area contributed by atoms with Crippen LogP contribution in [0.5, 0.6) is 0 Å². The fourth-order valence-electron chi connectivity index (χ4n) is 4.26. The van der Waals surface area contributed by atoms with Crippen molar-refractivity contribution in [3.05, 3.63) is 95.1 Å². The van der Waals surface area contributed by atoms with Crippen LogP contribution in [0.25, 0.3) is 0 Å². The second-order valence-electron chi connectivity index (χ2n) is 10.1. The van der Waals surface area contributed by atoms with Gasteiger partial charge in [0.25, 0.3) is 10.0 Å². The molecule has 0 fully saturated rings. The maximum Gasteiger partial charge on any atom is 0.264 e. The first-order valence-corrected chi connectivity index (χ1v) is 14.7. The number of hydrogen-bond donors (Lipinski definition) is 1. The molecule has 208 valence electrons. The molecule has 0 saturated carbocycles. The maximum atomic E-state index is 14.0. The number of hydrogen-bond acceptors (Lipinski definition) is 4. The van der Waals surface area contributed by atoms with Crippen molar-refractivity contribution in [1.29, 1.82) is 0 Å². The Balaban J connectivity index is 2.04. The molecule has 0 aliphatic rings. The Kier molecular flexibility index (Phi) is 9.92. The molecule has 0 aliphatic heterocycles. The van der Waals surface area contributed by atoms with Crippen molar-refractivity contribution in [2.24, 2.45) is 0 Å². The van der Waals surface area contributed by atoms with Crippen LogP contribution in [0.3, 0.4) is 0 Å². The predicted molar refractivity (Wildman–Crippen MR) is 156 cm³/mol. The van der Waals surface area contributed by atoms with Gasteiger partial charge in [-0.2, -0.15) is 0 Å². The SMILES string of the molecule is CC[C@H](C)NC(=O)[C@@H](C)N(Cc1ccccc1)C(=O)CN(c1ccc(C)cc1C)S(=O)(=O)c1ccc(C)cc1. The molecule has 0 saturated heterocycles. The van der Waals surface area contributed by atoms with Gasteiger partial charge in [-0.05, 0) is 70.4 Å². The largest absolute Gasteiger partial charge is 0.352 e. The molecule has 2 amide bonds. The molecule has 3 rings (SSSR count). The summed E-state index contributed by atoms with van der Waals surface area (Å²) in [7, 11) is -4.09. The molecule has 0 heterocycles. The van der Waals surface area contributed by atoms with Gasteiger partial charge in [-0.15, -0.1) is 0 Å². The second-order valence-corrected chi connectivity index (χ2v) is 12.0. The van der Waals surface area contributed by atoms with Crippen LogP contribution in [0.4, 0.5) is 5.69 Å². The zero-order valence-electron chi connectivity index (χ0n) is 23.6. The lowest BCUT2D eigenvalue weighted by atomic mass is 10.1. The number of nitrogens with one attached hydrogen (secondary N) is 1. The summed E-state index contributed by atoms with van der Waals surface area (Å²) in [6, 6.07) is 20.5. The van der Waals surface area contributed by atoms with E-state index in [2.05, 4.69) is 5.32 Å². The van der Waals surface area contributed by atoms with Crippen LogP contribution in [-0.2, 0) is 26.2 Å². The van der Waals surface area contributed by atoms with E-state index in [9.17, 15) is 18.0 Å². The van der Waals surface area contributed by atoms with Crippen molar-refractivity contribution in [2.75, 3.05) is 10.8 Å². The number of carbonyl (C=O) groups is 2. The van der Waals surface area contributed by atoms with Crippen LogP contribution in [0, 0.1) is 20.8 Å². The van der Waals surface area contributed by atoms with Gasteiger partial charge < -0.3 is 10.2 Å². The van der Waals surface area contributed by atoms with Gasteiger partial charge in [0.05, 0.1) is 10.6 Å². The average molecular weight is 550 g/mol. The van der Waals surface area contributed by atoms with Gasteiger partial charge in [0.1, 0.15) is 12.6 Å². The highest BCUT2D eigenvalue weighted by Crippen LogP contribution is 2.28. The van der Waals surface area contributed by atoms with Crippen molar-refractivity contribution in [3.63, 3.8) is 0 Å². The minimum atomic E-state index is -4.09. The summed E-state index contributed by atoms with van der Waals surface area (Å²) < 4.78 is 29.1. The fourth-order valence-corrected chi connectivity index (χ4v) is 5.74. The molecule has 3 aromatic carbocycles. The van der Waals surface area contributed by atoms with Gasteiger partial charge >= 0.3 is 0 Å². The summed E-state index contributed by atoms with van der Waals surface area (Å²) in [6.07, 6.45) is 0.750. The Labute approximate surface area is 232 Å². The van der Waals surface area contributed by atoms with E-state index in [1.54, 1.807) is 37.3 Å². The lowest BCUT2D eigenvalue weighted by Crippen LogP contribution is -2.52. The normalized spacial score (nSPS) is 12.9. The number of rotatable bonds is 11. The van der Waals surface area contributed by atoms with Crippen LogP contribution >= 0.6 is 0 Å². The molecule has 0 aliphatic carbocycles. The topological polar surface area (TPSA) is 86.8 Å². The Bertz CT molecular complexity index is 1390. The van der Waals surface area contributed by atoms with E-state index in [4.69, 9.17) is 0 Å². The number of anilines is 1. The second kappa shape index (κ2) is 12.9. The monoisotopic (exact) mass is 549 g/mol. The van der Waals surface area contributed by atoms with Crippen molar-refractivity contribution < 1.29 is 18.0 Å². The molecule has 0 bridgehead atoms. The summed E-state index contributed by atoms with van der Waals surface area (Å²) in [6.45, 7) is 10.9. The zero-order valence-corrected chi connectivity index (χ0v) is 24.5. The highest BCUT2D eigenvalue weighted by molar-refractivity contribution is 7.92. The van der Waals surface area contributed by atoms with Gasteiger partial charge in [-0.1, -0.05) is 72.6 Å². The van der Waals surface area contributed by atoms with E-state index in [1.807, 2.05) is 77.1 Å². The summed E-state index contributed by atoms with van der Waals surface area (Å²) in [4.78, 5) is 28.6. The molecule has 3 aromatic rings. The van der Waals surface area contributed by atoms with Crippen molar-refractivity contribution in [2.45, 2.75) is 71.5 Å². The summed E-state index contributed by atoms with van der Waals surface area (Å²) in [5, 5.41) is 2.95. The molecule has 0 aromatic heterocycles. The molecule has 7 nitrogen and oxygen atoms in total. The molecular weight excluding hydrogens is 510 g/mol. The lowest BCUT2D eigenvalue weighted by molar-refractivity contribution is -0.139. The average Bonchev–Trinajstić information content (AvgIpc) is 2.91. The maximum absolute atomic E-state index is 14.0. The van der Waals surface area contributed by atoms with Crippen LogP contribution in [-0.4, -0.2) is 43.8 Å². The molecule has 0 unspecified atom stereocenters. The van der Waals surface area contributed by atoms with Crippen LogP contribution < -0.4 is 9.62 Å². The Hall–Kier alpha value is -3.65. The molecular formula is C31H39N3O4S. The Morgan fingerprint density at radius 2 is 1.49 bits per heavy atom. The highest BCUT2D eigenvalue weighted by atomic mass is 32.2. The Morgan fingerprint density at radius 1 is 0.872 bits per heavy atom. The van der Waals surface area contributed by atoms with Gasteiger partial charge in [0.15, 0.2) is 0 Å². The fraction of sp³-hybridized carbons (Fsp3) is 0.355. The molecule has 8 heteroatoms. The first kappa shape index (κ1) is 29.9. The van der Waals surface area contributed by atoms with Crippen molar-refractivity contribution in [1.82, 2.24) is 10.2 Å². The van der Waals surface area contributed by atoms with E-state index in [0.717, 1.165) is 33.0 Å². The number of aryl methyl sites for hydroxylation is 3. The quantitative estimate of drug-likeness (QED) is 0.359. The third-order valence-corrected chi connectivity index (χ3v) is 8.65. The predicted octanol–water partition coefficient (Wildman–Crippen LogP) is 5.14. The summed E-state index contributed by atoms with van der Waals surface area (Å²) in [5.74, 6) is -0.755. The third kappa shape index (κ3) is 7.47. The van der Waals surface area contributed by atoms with Gasteiger partial charge in [-0.3, -0.25) is 13.9 Å². The zero-order chi connectivity index (χ0) is 28.7.